The molecule has 28 heavy (non-hydrogen) atoms. The molecule has 0 bridgehead atoms. The predicted octanol–water partition coefficient (Wildman–Crippen LogP) is 4.38. The van der Waals surface area contributed by atoms with E-state index in [1.165, 1.54) is 0 Å². The van der Waals surface area contributed by atoms with Gasteiger partial charge in [0, 0.05) is 17.7 Å². The van der Waals surface area contributed by atoms with Crippen LogP contribution in [-0.4, -0.2) is 21.3 Å². The van der Waals surface area contributed by atoms with Gasteiger partial charge in [0.2, 0.25) is 0 Å². The highest BCUT2D eigenvalue weighted by Gasteiger charge is 2.19. The second-order valence-corrected chi connectivity index (χ2v) is 8.29. The summed E-state index contributed by atoms with van der Waals surface area (Å²) >= 11 is 0. The highest BCUT2D eigenvalue weighted by molar-refractivity contribution is 5.91. The van der Waals surface area contributed by atoms with Crippen LogP contribution in [0.25, 0.3) is 11.0 Å². The molecule has 1 aromatic heterocycles. The first-order chi connectivity index (χ1) is 13.1. The Balaban J connectivity index is 2.06. The van der Waals surface area contributed by atoms with Gasteiger partial charge in [-0.1, -0.05) is 46.8 Å². The number of aromatic hydroxyl groups is 1. The lowest BCUT2D eigenvalue weighted by Gasteiger charge is -2.21. The van der Waals surface area contributed by atoms with Gasteiger partial charge in [-0.15, -0.1) is 0 Å². The van der Waals surface area contributed by atoms with Gasteiger partial charge in [-0.3, -0.25) is 9.79 Å². The van der Waals surface area contributed by atoms with Gasteiger partial charge < -0.3 is 15.8 Å². The maximum absolute atomic E-state index is 12.1. The lowest BCUT2D eigenvalue weighted by Crippen LogP contribution is -2.16. The molecule has 2 aromatic carbocycles. The summed E-state index contributed by atoms with van der Waals surface area (Å²) in [5.41, 5.74) is 9.81. The van der Waals surface area contributed by atoms with Crippen molar-refractivity contribution < 1.29 is 5.11 Å². The Morgan fingerprint density at radius 3 is 2.61 bits per heavy atom. The van der Waals surface area contributed by atoms with Crippen LogP contribution in [0.3, 0.4) is 0 Å². The minimum atomic E-state index is -0.206. The van der Waals surface area contributed by atoms with E-state index in [9.17, 15) is 9.90 Å². The maximum atomic E-state index is 12.1. The van der Waals surface area contributed by atoms with Crippen LogP contribution in [0.15, 0.2) is 40.1 Å². The Kier molecular flexibility index (Phi) is 4.98. The first-order valence-electron chi connectivity index (χ1n) is 9.28. The Labute approximate surface area is 164 Å². The SMILES string of the molecule is CC(C)c1nc2cc(N=Cc3cccc(C(C)(C)C)c3O)c(N)cc2[nH]c1=O. The molecule has 146 valence electrons. The molecule has 0 atom stereocenters. The molecule has 0 saturated heterocycles. The minimum absolute atomic E-state index is 0.00902. The summed E-state index contributed by atoms with van der Waals surface area (Å²) in [4.78, 5) is 23.9. The molecule has 1 heterocycles. The third-order valence-electron chi connectivity index (χ3n) is 4.63. The first kappa shape index (κ1) is 19.6. The largest absolute Gasteiger partial charge is 0.507 e. The summed E-state index contributed by atoms with van der Waals surface area (Å²) in [6.07, 6.45) is 1.59. The Morgan fingerprint density at radius 1 is 1.25 bits per heavy atom. The number of nitrogens with zero attached hydrogens (tertiary/aromatic N) is 2. The second-order valence-electron chi connectivity index (χ2n) is 8.29. The van der Waals surface area contributed by atoms with Crippen LogP contribution >= 0.6 is 0 Å². The summed E-state index contributed by atoms with van der Waals surface area (Å²) in [5, 5.41) is 10.6. The highest BCUT2D eigenvalue weighted by Crippen LogP contribution is 2.33. The molecule has 0 fully saturated rings. The van der Waals surface area contributed by atoms with E-state index in [-0.39, 0.29) is 22.6 Å². The Bertz CT molecular complexity index is 1120. The Morgan fingerprint density at radius 2 is 1.96 bits per heavy atom. The highest BCUT2D eigenvalue weighted by atomic mass is 16.3. The number of aromatic amines is 1. The van der Waals surface area contributed by atoms with Crippen molar-refractivity contribution in [3.63, 3.8) is 0 Å². The molecule has 0 amide bonds. The van der Waals surface area contributed by atoms with Crippen molar-refractivity contribution in [1.82, 2.24) is 9.97 Å². The van der Waals surface area contributed by atoms with E-state index in [0.29, 0.717) is 33.7 Å². The number of anilines is 1. The average Bonchev–Trinajstić information content (AvgIpc) is 2.59. The van der Waals surface area contributed by atoms with Crippen LogP contribution in [0.5, 0.6) is 5.75 Å². The number of para-hydroxylation sites is 1. The number of phenolic OH excluding ortho intramolecular Hbond substituents is 1. The van der Waals surface area contributed by atoms with Crippen molar-refractivity contribution in [3.8, 4) is 5.75 Å². The zero-order valence-electron chi connectivity index (χ0n) is 16.9. The van der Waals surface area contributed by atoms with Gasteiger partial charge in [-0.25, -0.2) is 4.98 Å². The molecule has 4 N–H and O–H groups in total. The summed E-state index contributed by atoms with van der Waals surface area (Å²) in [6.45, 7) is 9.98. The van der Waals surface area contributed by atoms with Crippen molar-refractivity contribution >= 4 is 28.6 Å². The van der Waals surface area contributed by atoms with Crippen LogP contribution in [0.1, 0.15) is 57.4 Å². The first-order valence-corrected chi connectivity index (χ1v) is 9.28. The molecular formula is C22H26N4O2. The zero-order valence-corrected chi connectivity index (χ0v) is 16.9. The third-order valence-corrected chi connectivity index (χ3v) is 4.63. The molecule has 0 radical (unpaired) electrons. The number of aromatic nitrogens is 2. The van der Waals surface area contributed by atoms with Gasteiger partial charge in [0.1, 0.15) is 11.4 Å². The van der Waals surface area contributed by atoms with Gasteiger partial charge in [-0.05, 0) is 29.2 Å². The average molecular weight is 378 g/mol. The number of rotatable bonds is 3. The van der Waals surface area contributed by atoms with Crippen LogP contribution < -0.4 is 11.3 Å². The van der Waals surface area contributed by atoms with E-state index < -0.39 is 0 Å². The number of aliphatic imine (C=N–C) groups is 1. The van der Waals surface area contributed by atoms with E-state index in [0.717, 1.165) is 5.56 Å². The van der Waals surface area contributed by atoms with Gasteiger partial charge >= 0.3 is 0 Å². The molecule has 0 aliphatic carbocycles. The fourth-order valence-corrected chi connectivity index (χ4v) is 3.07. The number of nitrogen functional groups attached to an aromatic ring is 1. The maximum Gasteiger partial charge on any atom is 0.270 e. The summed E-state index contributed by atoms with van der Waals surface area (Å²) in [5.74, 6) is 0.220. The number of hydrogen-bond acceptors (Lipinski definition) is 5. The second kappa shape index (κ2) is 7.11. The number of benzene rings is 2. The van der Waals surface area contributed by atoms with Crippen LogP contribution in [0, 0.1) is 0 Å². The molecule has 0 aliphatic heterocycles. The standard InChI is InChI=1S/C22H26N4O2/c1-12(2)19-21(28)26-17-9-15(23)16(10-18(17)25-19)24-11-13-7-6-8-14(20(13)27)22(3,4)5/h6-12,27H,23H2,1-5H3,(H,26,28). The van der Waals surface area contributed by atoms with Gasteiger partial charge in [0.15, 0.2) is 0 Å². The number of H-pyrrole nitrogens is 1. The van der Waals surface area contributed by atoms with Crippen molar-refractivity contribution in [2.75, 3.05) is 5.73 Å². The topological polar surface area (TPSA) is 104 Å². The van der Waals surface area contributed by atoms with E-state index in [4.69, 9.17) is 5.73 Å². The van der Waals surface area contributed by atoms with Crippen LogP contribution in [0.2, 0.25) is 0 Å². The monoisotopic (exact) mass is 378 g/mol. The fourth-order valence-electron chi connectivity index (χ4n) is 3.07. The lowest BCUT2D eigenvalue weighted by atomic mass is 9.85. The van der Waals surface area contributed by atoms with Crippen LogP contribution in [0.4, 0.5) is 11.4 Å². The quantitative estimate of drug-likeness (QED) is 0.464. The van der Waals surface area contributed by atoms with Gasteiger partial charge in [0.05, 0.1) is 22.4 Å². The van der Waals surface area contributed by atoms with E-state index >= 15 is 0 Å². The summed E-state index contributed by atoms with van der Waals surface area (Å²) in [6, 6.07) is 9.01. The van der Waals surface area contributed by atoms with Crippen molar-refractivity contribution in [2.24, 2.45) is 4.99 Å². The molecular weight excluding hydrogens is 352 g/mol. The smallest absolute Gasteiger partial charge is 0.270 e. The molecule has 0 unspecified atom stereocenters. The summed E-state index contributed by atoms with van der Waals surface area (Å²) in [7, 11) is 0. The normalized spacial score (nSPS) is 12.4. The van der Waals surface area contributed by atoms with Gasteiger partial charge in [-0.2, -0.15) is 0 Å². The van der Waals surface area contributed by atoms with E-state index in [1.807, 2.05) is 46.8 Å². The number of fused-ring (bicyclic) bond motifs is 1. The minimum Gasteiger partial charge on any atom is -0.507 e. The van der Waals surface area contributed by atoms with E-state index in [1.54, 1.807) is 24.4 Å². The van der Waals surface area contributed by atoms with E-state index in [2.05, 4.69) is 15.0 Å². The Hall–Kier alpha value is -3.15. The van der Waals surface area contributed by atoms with Crippen molar-refractivity contribution in [2.45, 2.75) is 46.0 Å². The molecule has 3 aromatic rings. The lowest BCUT2D eigenvalue weighted by molar-refractivity contribution is 0.446. The number of phenols is 1. The molecule has 0 spiro atoms. The molecule has 3 rings (SSSR count). The van der Waals surface area contributed by atoms with Crippen molar-refractivity contribution in [3.05, 3.63) is 57.5 Å². The number of nitrogens with one attached hydrogen (secondary N) is 1. The molecule has 0 aliphatic rings. The molecule has 6 nitrogen and oxygen atoms in total. The molecule has 0 saturated carbocycles. The molecule has 6 heteroatoms. The van der Waals surface area contributed by atoms with Gasteiger partial charge in [0.25, 0.3) is 5.56 Å². The fraction of sp³-hybridized carbons (Fsp3) is 0.318. The third kappa shape index (κ3) is 3.76. The number of hydrogen-bond donors (Lipinski definition) is 3. The van der Waals surface area contributed by atoms with Crippen molar-refractivity contribution in [1.29, 1.82) is 0 Å². The summed E-state index contributed by atoms with van der Waals surface area (Å²) < 4.78 is 0. The zero-order chi connectivity index (χ0) is 20.6. The predicted molar refractivity (Wildman–Crippen MR) is 115 cm³/mol. The van der Waals surface area contributed by atoms with Crippen LogP contribution in [-0.2, 0) is 5.41 Å². The number of nitrogens with two attached hydrogens (primary N) is 1.